The van der Waals surface area contributed by atoms with E-state index in [4.69, 9.17) is 10.2 Å². The van der Waals surface area contributed by atoms with Gasteiger partial charge in [0.2, 0.25) is 5.90 Å². The van der Waals surface area contributed by atoms with Crippen LogP contribution in [0.4, 0.5) is 0 Å². The highest BCUT2D eigenvalue weighted by atomic mass is 16.7. The van der Waals surface area contributed by atoms with Gasteiger partial charge < -0.3 is 9.94 Å². The minimum absolute atomic E-state index is 0.162. The molecule has 15 heavy (non-hydrogen) atoms. The zero-order valence-electron chi connectivity index (χ0n) is 8.18. The van der Waals surface area contributed by atoms with Crippen molar-refractivity contribution < 1.29 is 9.94 Å². The molecule has 1 unspecified atom stereocenters. The molecule has 1 fully saturated rings. The zero-order valence-corrected chi connectivity index (χ0v) is 8.18. The number of β-amino-alcohol motifs (C(OH)–C–C–N with tert-alkyl or cyclic N) is 1. The van der Waals surface area contributed by atoms with E-state index in [2.05, 4.69) is 5.59 Å². The molecule has 1 aliphatic rings. The van der Waals surface area contributed by atoms with Gasteiger partial charge in [0, 0.05) is 6.54 Å². The van der Waals surface area contributed by atoms with Crippen LogP contribution in [0.15, 0.2) is 30.3 Å². The van der Waals surface area contributed by atoms with Crippen LogP contribution in [0, 0.1) is 5.41 Å². The monoisotopic (exact) mass is 207 g/mol. The first-order chi connectivity index (χ1) is 7.25. The summed E-state index contributed by atoms with van der Waals surface area (Å²) in [5.41, 5.74) is 3.41. The lowest BCUT2D eigenvalue weighted by molar-refractivity contribution is 0.0178. The topological polar surface area (TPSA) is 68.6 Å². The second-order valence-corrected chi connectivity index (χ2v) is 3.42. The van der Waals surface area contributed by atoms with Gasteiger partial charge in [-0.05, 0) is 5.56 Å². The van der Waals surface area contributed by atoms with Crippen LogP contribution in [0.1, 0.15) is 11.7 Å². The van der Waals surface area contributed by atoms with Crippen LogP contribution in [-0.2, 0) is 4.84 Å². The van der Waals surface area contributed by atoms with Crippen LogP contribution < -0.4 is 5.59 Å². The third-order valence-electron chi connectivity index (χ3n) is 2.21. The Labute approximate surface area is 87.7 Å². The highest BCUT2D eigenvalue weighted by molar-refractivity contribution is 5.75. The number of hydrogen-bond donors (Lipinski definition) is 3. The molecule has 0 saturated carbocycles. The molecule has 1 heterocycles. The summed E-state index contributed by atoms with van der Waals surface area (Å²) in [6.07, 6.45) is -0.576. The Hall–Kier alpha value is -1.43. The van der Waals surface area contributed by atoms with E-state index in [0.717, 1.165) is 5.56 Å². The van der Waals surface area contributed by atoms with Crippen LogP contribution in [0.5, 0.6) is 0 Å². The van der Waals surface area contributed by atoms with Gasteiger partial charge in [0.05, 0.1) is 12.6 Å². The summed E-state index contributed by atoms with van der Waals surface area (Å²) in [5.74, 6) is 0.162. The standard InChI is InChI=1S/C10H13N3O2/c11-10-7-13(12-15-10)6-9(14)8-4-2-1-3-5-8/h1-5,9,11-12,14H,6-7H2. The molecular weight excluding hydrogens is 194 g/mol. The van der Waals surface area contributed by atoms with Gasteiger partial charge in [-0.15, -0.1) is 0 Å². The molecule has 0 aromatic heterocycles. The Morgan fingerprint density at radius 1 is 1.47 bits per heavy atom. The number of hydrogen-bond acceptors (Lipinski definition) is 5. The van der Waals surface area contributed by atoms with Crippen LogP contribution in [-0.4, -0.2) is 29.1 Å². The Morgan fingerprint density at radius 3 is 2.80 bits per heavy atom. The molecule has 80 valence electrons. The normalized spacial score (nSPS) is 18.9. The van der Waals surface area contributed by atoms with E-state index in [1.54, 1.807) is 5.01 Å². The maximum absolute atomic E-state index is 9.86. The van der Waals surface area contributed by atoms with E-state index in [1.807, 2.05) is 30.3 Å². The highest BCUT2D eigenvalue weighted by Gasteiger charge is 2.21. The van der Waals surface area contributed by atoms with E-state index in [0.29, 0.717) is 13.1 Å². The first kappa shape index (κ1) is 10.1. The molecule has 1 aromatic rings. The molecule has 3 N–H and O–H groups in total. The minimum Gasteiger partial charge on any atom is -0.387 e. The van der Waals surface area contributed by atoms with Crippen molar-refractivity contribution in [3.63, 3.8) is 0 Å². The average Bonchev–Trinajstić information content (AvgIpc) is 2.65. The Balaban J connectivity index is 1.92. The van der Waals surface area contributed by atoms with E-state index in [9.17, 15) is 5.11 Å². The average molecular weight is 207 g/mol. The van der Waals surface area contributed by atoms with Crippen molar-refractivity contribution in [3.05, 3.63) is 35.9 Å². The fourth-order valence-corrected chi connectivity index (χ4v) is 1.45. The second kappa shape index (κ2) is 4.39. The molecule has 0 amide bonds. The maximum atomic E-state index is 9.86. The predicted molar refractivity (Wildman–Crippen MR) is 54.9 cm³/mol. The number of hydrazine groups is 1. The van der Waals surface area contributed by atoms with Crippen LogP contribution in [0.2, 0.25) is 0 Å². The van der Waals surface area contributed by atoms with E-state index >= 15 is 0 Å². The molecule has 0 bridgehead atoms. The third-order valence-corrected chi connectivity index (χ3v) is 2.21. The summed E-state index contributed by atoms with van der Waals surface area (Å²) < 4.78 is 0. The number of aliphatic hydroxyl groups is 1. The van der Waals surface area contributed by atoms with Gasteiger partial charge >= 0.3 is 0 Å². The van der Waals surface area contributed by atoms with Crippen molar-refractivity contribution in [2.75, 3.05) is 13.1 Å². The lowest BCUT2D eigenvalue weighted by atomic mass is 10.1. The van der Waals surface area contributed by atoms with Crippen molar-refractivity contribution in [2.24, 2.45) is 0 Å². The van der Waals surface area contributed by atoms with E-state index in [-0.39, 0.29) is 5.90 Å². The molecule has 1 aliphatic heterocycles. The zero-order chi connectivity index (χ0) is 10.7. The largest absolute Gasteiger partial charge is 0.387 e. The third kappa shape index (κ3) is 2.53. The van der Waals surface area contributed by atoms with Crippen molar-refractivity contribution in [3.8, 4) is 0 Å². The first-order valence-corrected chi connectivity index (χ1v) is 4.73. The Kier molecular flexibility index (Phi) is 2.96. The summed E-state index contributed by atoms with van der Waals surface area (Å²) in [5, 5.41) is 18.7. The van der Waals surface area contributed by atoms with Gasteiger partial charge in [0.1, 0.15) is 0 Å². The fraction of sp³-hybridized carbons (Fsp3) is 0.300. The molecule has 0 spiro atoms. The lowest BCUT2D eigenvalue weighted by Gasteiger charge is -2.16. The van der Waals surface area contributed by atoms with Gasteiger partial charge in [-0.25, -0.2) is 0 Å². The van der Waals surface area contributed by atoms with Gasteiger partial charge in [0.25, 0.3) is 0 Å². The van der Waals surface area contributed by atoms with Crippen LogP contribution >= 0.6 is 0 Å². The molecule has 5 heteroatoms. The first-order valence-electron chi connectivity index (χ1n) is 4.73. The smallest absolute Gasteiger partial charge is 0.224 e. The molecule has 2 rings (SSSR count). The van der Waals surface area contributed by atoms with Crippen molar-refractivity contribution in [1.29, 1.82) is 5.41 Å². The predicted octanol–water partition coefficient (Wildman–Crippen LogP) is 0.449. The molecule has 1 saturated heterocycles. The highest BCUT2D eigenvalue weighted by Crippen LogP contribution is 2.13. The van der Waals surface area contributed by atoms with Gasteiger partial charge in [0.15, 0.2) is 0 Å². The minimum atomic E-state index is -0.576. The van der Waals surface area contributed by atoms with Crippen LogP contribution in [0.25, 0.3) is 0 Å². The second-order valence-electron chi connectivity index (χ2n) is 3.42. The summed E-state index contributed by atoms with van der Waals surface area (Å²) in [7, 11) is 0. The molecule has 5 nitrogen and oxygen atoms in total. The maximum Gasteiger partial charge on any atom is 0.224 e. The number of rotatable bonds is 3. The summed E-state index contributed by atoms with van der Waals surface area (Å²) in [4.78, 5) is 4.75. The lowest BCUT2D eigenvalue weighted by Crippen LogP contribution is -2.34. The quantitative estimate of drug-likeness (QED) is 0.673. The summed E-state index contributed by atoms with van der Waals surface area (Å²) in [6.45, 7) is 0.774. The van der Waals surface area contributed by atoms with Crippen molar-refractivity contribution >= 4 is 5.90 Å². The molecule has 0 radical (unpaired) electrons. The van der Waals surface area contributed by atoms with Crippen molar-refractivity contribution in [1.82, 2.24) is 10.6 Å². The summed E-state index contributed by atoms with van der Waals surface area (Å²) in [6, 6.07) is 9.41. The van der Waals surface area contributed by atoms with E-state index < -0.39 is 6.10 Å². The van der Waals surface area contributed by atoms with Gasteiger partial charge in [-0.3, -0.25) is 5.41 Å². The number of nitrogens with zero attached hydrogens (tertiary/aromatic N) is 1. The van der Waals surface area contributed by atoms with Gasteiger partial charge in [-0.2, -0.15) is 5.01 Å². The van der Waals surface area contributed by atoms with Crippen molar-refractivity contribution in [2.45, 2.75) is 6.10 Å². The number of nitrogens with one attached hydrogen (secondary N) is 2. The number of benzene rings is 1. The molecule has 1 aromatic carbocycles. The molecule has 0 aliphatic carbocycles. The Morgan fingerprint density at radius 2 is 2.20 bits per heavy atom. The molecule has 1 atom stereocenters. The Bertz CT molecular complexity index is 342. The molecular formula is C10H13N3O2. The van der Waals surface area contributed by atoms with E-state index in [1.165, 1.54) is 0 Å². The fourth-order valence-electron chi connectivity index (χ4n) is 1.45. The number of aliphatic hydroxyl groups excluding tert-OH is 1. The van der Waals surface area contributed by atoms with Gasteiger partial charge in [-0.1, -0.05) is 35.9 Å². The van der Waals surface area contributed by atoms with Crippen LogP contribution in [0.3, 0.4) is 0 Å². The SMILES string of the molecule is N=C1CN(CC(O)c2ccccc2)NO1. The summed E-state index contributed by atoms with van der Waals surface area (Å²) >= 11 is 0.